The summed E-state index contributed by atoms with van der Waals surface area (Å²) < 4.78 is 19.3. The minimum atomic E-state index is -0.271. The molecular formula is C18H21FN2O2. The van der Waals surface area contributed by atoms with Gasteiger partial charge in [0.15, 0.2) is 0 Å². The number of rotatable bonds is 2. The molecule has 1 saturated carbocycles. The maximum Gasteiger partial charge on any atom is 0.227 e. The zero-order valence-corrected chi connectivity index (χ0v) is 13.3. The minimum Gasteiger partial charge on any atom is -0.374 e. The molecule has 0 bridgehead atoms. The fourth-order valence-corrected chi connectivity index (χ4v) is 4.07. The number of aromatic nitrogens is 1. The number of amides is 1. The molecule has 1 amide bonds. The normalized spacial score (nSPS) is 24.2. The first-order chi connectivity index (χ1) is 11.1. The van der Waals surface area contributed by atoms with Gasteiger partial charge in [-0.3, -0.25) is 4.79 Å². The van der Waals surface area contributed by atoms with Crippen LogP contribution in [-0.4, -0.2) is 41.1 Å². The first-order valence-electron chi connectivity index (χ1n) is 8.31. The molecule has 0 spiro atoms. The van der Waals surface area contributed by atoms with Gasteiger partial charge in [-0.05, 0) is 49.9 Å². The highest BCUT2D eigenvalue weighted by atomic mass is 19.1. The topological polar surface area (TPSA) is 45.3 Å². The molecule has 4 nitrogen and oxygen atoms in total. The van der Waals surface area contributed by atoms with E-state index in [1.54, 1.807) is 6.07 Å². The third-order valence-electron chi connectivity index (χ3n) is 5.21. The highest BCUT2D eigenvalue weighted by Crippen LogP contribution is 2.31. The lowest BCUT2D eigenvalue weighted by Crippen LogP contribution is -2.51. The van der Waals surface area contributed by atoms with Gasteiger partial charge in [0.05, 0.1) is 25.2 Å². The molecule has 4 rings (SSSR count). The van der Waals surface area contributed by atoms with E-state index in [4.69, 9.17) is 4.74 Å². The first-order valence-corrected chi connectivity index (χ1v) is 8.31. The Hall–Kier alpha value is -1.88. The van der Waals surface area contributed by atoms with Crippen molar-refractivity contribution in [2.24, 2.45) is 0 Å². The van der Waals surface area contributed by atoms with Crippen molar-refractivity contribution in [1.29, 1.82) is 0 Å². The quantitative estimate of drug-likeness (QED) is 0.926. The van der Waals surface area contributed by atoms with Crippen molar-refractivity contribution in [3.05, 3.63) is 35.3 Å². The van der Waals surface area contributed by atoms with Gasteiger partial charge < -0.3 is 14.6 Å². The Labute approximate surface area is 134 Å². The zero-order chi connectivity index (χ0) is 16.0. The van der Waals surface area contributed by atoms with Gasteiger partial charge >= 0.3 is 0 Å². The summed E-state index contributed by atoms with van der Waals surface area (Å²) >= 11 is 0. The van der Waals surface area contributed by atoms with Crippen LogP contribution in [-0.2, 0) is 16.0 Å². The molecule has 122 valence electrons. The van der Waals surface area contributed by atoms with E-state index in [1.165, 1.54) is 12.1 Å². The van der Waals surface area contributed by atoms with E-state index in [0.717, 1.165) is 41.4 Å². The molecule has 2 aromatic rings. The summed E-state index contributed by atoms with van der Waals surface area (Å²) in [5.74, 6) is -0.147. The number of ether oxygens (including phenoxy) is 1. The maximum atomic E-state index is 13.6. The summed E-state index contributed by atoms with van der Waals surface area (Å²) in [5, 5.41) is 0.812. The van der Waals surface area contributed by atoms with Crippen molar-refractivity contribution < 1.29 is 13.9 Å². The second kappa shape index (κ2) is 5.64. The Bertz CT molecular complexity index is 755. The Kier molecular flexibility index (Phi) is 3.60. The summed E-state index contributed by atoms with van der Waals surface area (Å²) in [6, 6.07) is 4.90. The second-order valence-corrected chi connectivity index (χ2v) is 6.59. The van der Waals surface area contributed by atoms with Crippen LogP contribution in [0.25, 0.3) is 10.9 Å². The van der Waals surface area contributed by atoms with Crippen LogP contribution in [0.1, 0.15) is 30.5 Å². The number of aromatic amines is 1. The van der Waals surface area contributed by atoms with Crippen molar-refractivity contribution in [3.63, 3.8) is 0 Å². The molecule has 1 aromatic carbocycles. The Morgan fingerprint density at radius 2 is 2.30 bits per heavy atom. The van der Waals surface area contributed by atoms with Crippen LogP contribution in [0.15, 0.2) is 18.2 Å². The average molecular weight is 316 g/mol. The third kappa shape index (κ3) is 2.53. The van der Waals surface area contributed by atoms with Crippen LogP contribution >= 0.6 is 0 Å². The first kappa shape index (κ1) is 14.7. The van der Waals surface area contributed by atoms with Crippen molar-refractivity contribution in [2.45, 2.75) is 44.8 Å². The molecule has 1 aliphatic heterocycles. The van der Waals surface area contributed by atoms with Crippen molar-refractivity contribution in [2.75, 3.05) is 13.2 Å². The molecule has 0 radical (unpaired) electrons. The Morgan fingerprint density at radius 1 is 1.43 bits per heavy atom. The fourth-order valence-electron chi connectivity index (χ4n) is 4.07. The molecule has 5 heteroatoms. The second-order valence-electron chi connectivity index (χ2n) is 6.59. The van der Waals surface area contributed by atoms with Gasteiger partial charge in [-0.15, -0.1) is 0 Å². The molecule has 1 aromatic heterocycles. The van der Waals surface area contributed by atoms with E-state index in [-0.39, 0.29) is 23.9 Å². The number of fused-ring (bicyclic) bond motifs is 2. The highest BCUT2D eigenvalue weighted by molar-refractivity contribution is 5.90. The Morgan fingerprint density at radius 3 is 3.17 bits per heavy atom. The lowest BCUT2D eigenvalue weighted by atomic mass is 10.0. The molecule has 2 fully saturated rings. The number of nitrogens with zero attached hydrogens (tertiary/aromatic N) is 1. The van der Waals surface area contributed by atoms with E-state index in [2.05, 4.69) is 4.98 Å². The summed E-state index contributed by atoms with van der Waals surface area (Å²) in [5.41, 5.74) is 2.73. The van der Waals surface area contributed by atoms with Crippen molar-refractivity contribution >= 4 is 16.8 Å². The van der Waals surface area contributed by atoms with Crippen LogP contribution in [0.5, 0.6) is 0 Å². The van der Waals surface area contributed by atoms with Gasteiger partial charge in [0.2, 0.25) is 5.91 Å². The molecule has 0 unspecified atom stereocenters. The van der Waals surface area contributed by atoms with Crippen LogP contribution in [0.2, 0.25) is 0 Å². The number of hydrogen-bond donors (Lipinski definition) is 1. The molecule has 1 aliphatic carbocycles. The van der Waals surface area contributed by atoms with E-state index >= 15 is 0 Å². The lowest BCUT2D eigenvalue weighted by Gasteiger charge is -2.37. The van der Waals surface area contributed by atoms with E-state index in [1.807, 2.05) is 11.8 Å². The summed E-state index contributed by atoms with van der Waals surface area (Å²) in [7, 11) is 0. The van der Waals surface area contributed by atoms with Gasteiger partial charge in [-0.1, -0.05) is 0 Å². The van der Waals surface area contributed by atoms with Crippen LogP contribution in [0.3, 0.4) is 0 Å². The maximum absolute atomic E-state index is 13.6. The van der Waals surface area contributed by atoms with Gasteiger partial charge in [0, 0.05) is 23.1 Å². The molecule has 23 heavy (non-hydrogen) atoms. The summed E-state index contributed by atoms with van der Waals surface area (Å²) in [6.07, 6.45) is 3.72. The Balaban J connectivity index is 1.61. The fraction of sp³-hybridized carbons (Fsp3) is 0.500. The molecule has 1 saturated heterocycles. The SMILES string of the molecule is Cc1[nH]c2ccc(F)cc2c1CC(=O)N1CCO[C@@H]2CCC[C@@H]21. The van der Waals surface area contributed by atoms with Crippen molar-refractivity contribution in [1.82, 2.24) is 9.88 Å². The number of morpholine rings is 1. The number of aryl methyl sites for hydroxylation is 1. The molecule has 2 atom stereocenters. The largest absolute Gasteiger partial charge is 0.374 e. The average Bonchev–Trinajstić information content (AvgIpc) is 3.12. The number of benzene rings is 1. The molecule has 2 heterocycles. The smallest absolute Gasteiger partial charge is 0.227 e. The zero-order valence-electron chi connectivity index (χ0n) is 13.3. The minimum absolute atomic E-state index is 0.124. The molecule has 1 N–H and O–H groups in total. The number of carbonyl (C=O) groups is 1. The summed E-state index contributed by atoms with van der Waals surface area (Å²) in [6.45, 7) is 3.22. The predicted molar refractivity (Wildman–Crippen MR) is 85.8 cm³/mol. The number of hydrogen-bond acceptors (Lipinski definition) is 2. The number of halogens is 1. The van der Waals surface area contributed by atoms with E-state index in [0.29, 0.717) is 19.6 Å². The molecule has 2 aliphatic rings. The van der Waals surface area contributed by atoms with Gasteiger partial charge in [0.1, 0.15) is 5.82 Å². The number of H-pyrrole nitrogens is 1. The highest BCUT2D eigenvalue weighted by Gasteiger charge is 2.38. The molecular weight excluding hydrogens is 295 g/mol. The third-order valence-corrected chi connectivity index (χ3v) is 5.21. The van der Waals surface area contributed by atoms with E-state index in [9.17, 15) is 9.18 Å². The standard InChI is InChI=1S/C18H21FN2O2/c1-11-13(14-9-12(19)5-6-15(14)20-11)10-18(22)21-7-8-23-17-4-2-3-16(17)21/h5-6,9,16-17,20H,2-4,7-8,10H2,1H3/t16-,17+/m0/s1. The number of nitrogens with one attached hydrogen (secondary N) is 1. The summed E-state index contributed by atoms with van der Waals surface area (Å²) in [4.78, 5) is 18.1. The predicted octanol–water partition coefficient (Wildman–Crippen LogP) is 2.94. The van der Waals surface area contributed by atoms with Crippen LogP contribution in [0, 0.1) is 12.7 Å². The van der Waals surface area contributed by atoms with Crippen LogP contribution < -0.4 is 0 Å². The number of carbonyl (C=O) groups excluding carboxylic acids is 1. The van der Waals surface area contributed by atoms with Crippen molar-refractivity contribution in [3.8, 4) is 0 Å². The van der Waals surface area contributed by atoms with Gasteiger partial charge in [-0.25, -0.2) is 4.39 Å². The van der Waals surface area contributed by atoms with Gasteiger partial charge in [-0.2, -0.15) is 0 Å². The van der Waals surface area contributed by atoms with Crippen LogP contribution in [0.4, 0.5) is 4.39 Å². The van der Waals surface area contributed by atoms with Gasteiger partial charge in [0.25, 0.3) is 0 Å². The monoisotopic (exact) mass is 316 g/mol. The van der Waals surface area contributed by atoms with E-state index < -0.39 is 0 Å². The lowest BCUT2D eigenvalue weighted by molar-refractivity contribution is -0.143.